The molecule has 6 nitrogen and oxygen atoms in total. The molecule has 4 aromatic rings. The van der Waals surface area contributed by atoms with Gasteiger partial charge >= 0.3 is 5.56 Å². The molecule has 0 aliphatic heterocycles. The molecule has 27 heavy (non-hydrogen) atoms. The molecule has 2 aromatic heterocycles. The van der Waals surface area contributed by atoms with Gasteiger partial charge in [-0.3, -0.25) is 9.89 Å². The Bertz CT molecular complexity index is 1180. The first-order valence-electron chi connectivity index (χ1n) is 8.12. The van der Waals surface area contributed by atoms with E-state index in [1.54, 1.807) is 6.92 Å². The van der Waals surface area contributed by atoms with Crippen molar-refractivity contribution in [3.8, 4) is 16.4 Å². The summed E-state index contributed by atoms with van der Waals surface area (Å²) < 4.78 is 2.31. The number of halogens is 1. The third-order valence-electron chi connectivity index (χ3n) is 3.87. The van der Waals surface area contributed by atoms with Crippen LogP contribution in [0.3, 0.4) is 0 Å². The van der Waals surface area contributed by atoms with Crippen LogP contribution in [0.4, 0.5) is 11.4 Å². The normalized spacial score (nSPS) is 11.3. The molecular weight excluding hydrogens is 426 g/mol. The van der Waals surface area contributed by atoms with E-state index in [1.807, 2.05) is 60.0 Å². The molecule has 0 aliphatic carbocycles. The quantitative estimate of drug-likeness (QED) is 0.409. The zero-order valence-corrected chi connectivity index (χ0v) is 16.7. The van der Waals surface area contributed by atoms with E-state index in [9.17, 15) is 4.79 Å². The van der Waals surface area contributed by atoms with Crippen molar-refractivity contribution >= 4 is 38.6 Å². The first kappa shape index (κ1) is 17.6. The smallest absolute Gasteiger partial charge is 0.291 e. The first-order chi connectivity index (χ1) is 13.1. The number of hydrogen-bond acceptors (Lipinski definition) is 5. The van der Waals surface area contributed by atoms with Gasteiger partial charge in [0.05, 0.1) is 17.1 Å². The van der Waals surface area contributed by atoms with Gasteiger partial charge in [0.1, 0.15) is 0 Å². The van der Waals surface area contributed by atoms with Crippen molar-refractivity contribution in [1.29, 1.82) is 0 Å². The Labute approximate surface area is 167 Å². The number of nitrogens with one attached hydrogen (secondary N) is 1. The van der Waals surface area contributed by atoms with E-state index in [-0.39, 0.29) is 11.2 Å². The van der Waals surface area contributed by atoms with Crippen molar-refractivity contribution in [2.75, 3.05) is 0 Å². The number of hydrogen-bond donors (Lipinski definition) is 1. The minimum Gasteiger partial charge on any atom is -0.291 e. The summed E-state index contributed by atoms with van der Waals surface area (Å²) in [4.78, 5) is 17.3. The summed E-state index contributed by atoms with van der Waals surface area (Å²) >= 11 is 4.79. The zero-order chi connectivity index (χ0) is 18.8. The number of aryl methyl sites for hydroxylation is 1. The van der Waals surface area contributed by atoms with Crippen molar-refractivity contribution in [3.05, 3.63) is 80.5 Å². The van der Waals surface area contributed by atoms with Crippen LogP contribution in [-0.2, 0) is 0 Å². The zero-order valence-electron chi connectivity index (χ0n) is 14.3. The van der Waals surface area contributed by atoms with Crippen molar-refractivity contribution in [2.24, 2.45) is 10.2 Å². The third kappa shape index (κ3) is 3.67. The Balaban J connectivity index is 1.67. The average molecular weight is 440 g/mol. The van der Waals surface area contributed by atoms with Crippen molar-refractivity contribution in [1.82, 2.24) is 14.8 Å². The van der Waals surface area contributed by atoms with Gasteiger partial charge in [-0.2, -0.15) is 9.80 Å². The van der Waals surface area contributed by atoms with Gasteiger partial charge in [-0.15, -0.1) is 16.5 Å². The number of nitrogens with zero attached hydrogens (tertiary/aromatic N) is 4. The lowest BCUT2D eigenvalue weighted by atomic mass is 10.2. The Kier molecular flexibility index (Phi) is 4.83. The van der Waals surface area contributed by atoms with Crippen LogP contribution < -0.4 is 5.56 Å². The van der Waals surface area contributed by atoms with Gasteiger partial charge < -0.3 is 0 Å². The van der Waals surface area contributed by atoms with E-state index >= 15 is 0 Å². The van der Waals surface area contributed by atoms with Crippen LogP contribution in [0.1, 0.15) is 5.69 Å². The molecule has 0 saturated heterocycles. The second-order valence-electron chi connectivity index (χ2n) is 5.79. The Hall–Kier alpha value is -2.84. The van der Waals surface area contributed by atoms with Crippen molar-refractivity contribution < 1.29 is 0 Å². The van der Waals surface area contributed by atoms with Gasteiger partial charge in [-0.1, -0.05) is 52.3 Å². The third-order valence-corrected chi connectivity index (χ3v) is 5.19. The second kappa shape index (κ2) is 7.42. The number of rotatable bonds is 4. The molecule has 0 atom stereocenters. The Morgan fingerprint density at radius 3 is 2.70 bits per heavy atom. The van der Waals surface area contributed by atoms with Crippen LogP contribution in [0.2, 0.25) is 0 Å². The summed E-state index contributed by atoms with van der Waals surface area (Å²) in [7, 11) is 0. The van der Waals surface area contributed by atoms with E-state index in [4.69, 9.17) is 0 Å². The van der Waals surface area contributed by atoms with E-state index in [2.05, 4.69) is 36.2 Å². The number of aromatic nitrogens is 3. The predicted molar refractivity (Wildman–Crippen MR) is 111 cm³/mol. The van der Waals surface area contributed by atoms with Gasteiger partial charge in [0.25, 0.3) is 0 Å². The van der Waals surface area contributed by atoms with Crippen LogP contribution >= 0.6 is 27.3 Å². The molecule has 0 spiro atoms. The highest BCUT2D eigenvalue weighted by atomic mass is 79.9. The van der Waals surface area contributed by atoms with E-state index in [1.165, 1.54) is 16.0 Å². The van der Waals surface area contributed by atoms with Crippen LogP contribution in [0.25, 0.3) is 16.4 Å². The summed E-state index contributed by atoms with van der Waals surface area (Å²) in [5.74, 6) is 0. The van der Waals surface area contributed by atoms with E-state index in [0.29, 0.717) is 16.5 Å². The number of thiazole rings is 1. The van der Waals surface area contributed by atoms with Crippen LogP contribution in [0.5, 0.6) is 0 Å². The molecular formula is C19H14BrN5OS. The molecule has 0 fully saturated rings. The van der Waals surface area contributed by atoms with Gasteiger partial charge in [0, 0.05) is 15.4 Å². The highest BCUT2D eigenvalue weighted by Crippen LogP contribution is 2.25. The summed E-state index contributed by atoms with van der Waals surface area (Å²) in [6, 6.07) is 17.3. The fourth-order valence-electron chi connectivity index (χ4n) is 2.54. The molecule has 4 rings (SSSR count). The van der Waals surface area contributed by atoms with E-state index in [0.717, 1.165) is 15.7 Å². The maximum atomic E-state index is 12.8. The van der Waals surface area contributed by atoms with Gasteiger partial charge in [-0.05, 0) is 25.1 Å². The molecule has 1 N–H and O–H groups in total. The fourth-order valence-corrected chi connectivity index (χ4v) is 3.72. The molecule has 8 heteroatoms. The van der Waals surface area contributed by atoms with Gasteiger partial charge in [0.15, 0.2) is 5.69 Å². The maximum absolute atomic E-state index is 12.8. The molecule has 0 saturated carbocycles. The number of H-pyrrole nitrogens is 1. The highest BCUT2D eigenvalue weighted by Gasteiger charge is 2.15. The molecule has 0 radical (unpaired) electrons. The average Bonchev–Trinajstić information content (AvgIpc) is 3.26. The van der Waals surface area contributed by atoms with Crippen LogP contribution in [0, 0.1) is 6.92 Å². The highest BCUT2D eigenvalue weighted by molar-refractivity contribution is 9.10. The molecule has 0 aliphatic rings. The van der Waals surface area contributed by atoms with Crippen molar-refractivity contribution in [2.45, 2.75) is 6.92 Å². The first-order valence-corrected chi connectivity index (χ1v) is 9.79. The summed E-state index contributed by atoms with van der Waals surface area (Å²) in [6.45, 7) is 1.79. The van der Waals surface area contributed by atoms with E-state index < -0.39 is 0 Å². The van der Waals surface area contributed by atoms with Crippen molar-refractivity contribution in [3.63, 3.8) is 0 Å². The lowest BCUT2D eigenvalue weighted by Crippen LogP contribution is -2.13. The molecule has 0 unspecified atom stereocenters. The summed E-state index contributed by atoms with van der Waals surface area (Å²) in [5, 5.41) is 13.8. The van der Waals surface area contributed by atoms with Gasteiger partial charge in [0.2, 0.25) is 5.13 Å². The second-order valence-corrected chi connectivity index (χ2v) is 7.54. The molecule has 2 heterocycles. The molecule has 134 valence electrons. The number of benzene rings is 2. The Morgan fingerprint density at radius 2 is 1.93 bits per heavy atom. The molecule has 2 aromatic carbocycles. The topological polar surface area (TPSA) is 75.4 Å². The lowest BCUT2D eigenvalue weighted by Gasteiger charge is -1.95. The number of azo groups is 1. The minimum atomic E-state index is -0.278. The largest absolute Gasteiger partial charge is 0.301 e. The Morgan fingerprint density at radius 1 is 1.11 bits per heavy atom. The molecule has 0 amide bonds. The fraction of sp³-hybridized carbons (Fsp3) is 0.0526. The summed E-state index contributed by atoms with van der Waals surface area (Å²) in [5.41, 5.74) is 3.12. The summed E-state index contributed by atoms with van der Waals surface area (Å²) in [6.07, 6.45) is 0. The van der Waals surface area contributed by atoms with Crippen LogP contribution in [0.15, 0.2) is 79.5 Å². The van der Waals surface area contributed by atoms with Gasteiger partial charge in [-0.25, -0.2) is 4.98 Å². The SMILES string of the molecule is Cc1[nH]n(-c2nc(-c3ccccc3)cs2)c(=O)c1N=Nc1cccc(Br)c1. The molecule has 0 bridgehead atoms. The lowest BCUT2D eigenvalue weighted by molar-refractivity contribution is 0.827. The number of aromatic amines is 1. The standard InChI is InChI=1S/C19H14BrN5OS/c1-12-17(23-22-15-9-5-8-14(20)10-15)18(26)25(24-12)19-21-16(11-27-19)13-6-3-2-4-7-13/h2-11,24H,1H3. The maximum Gasteiger partial charge on any atom is 0.301 e. The van der Waals surface area contributed by atoms with Crippen LogP contribution in [-0.4, -0.2) is 14.8 Å². The monoisotopic (exact) mass is 439 g/mol. The predicted octanol–water partition coefficient (Wildman–Crippen LogP) is 5.78. The minimum absolute atomic E-state index is 0.270.